The molecule has 8 heteroatoms. The summed E-state index contributed by atoms with van der Waals surface area (Å²) in [5.74, 6) is 0. The molecule has 0 aliphatic heterocycles. The minimum Gasteiger partial charge on any atom is -0.310 e. The van der Waals surface area contributed by atoms with E-state index in [0.29, 0.717) is 16.8 Å². The first-order valence-electron chi connectivity index (χ1n) is 6.75. The highest BCUT2D eigenvalue weighted by atomic mass is 32.2. The van der Waals surface area contributed by atoms with Gasteiger partial charge in [-0.2, -0.15) is 0 Å². The Bertz CT molecular complexity index is 717. The summed E-state index contributed by atoms with van der Waals surface area (Å²) in [7, 11) is -3.43. The van der Waals surface area contributed by atoms with E-state index >= 15 is 0 Å². The van der Waals surface area contributed by atoms with Crippen LogP contribution in [0.5, 0.6) is 0 Å². The van der Waals surface area contributed by atoms with Gasteiger partial charge in [-0.1, -0.05) is 0 Å². The highest BCUT2D eigenvalue weighted by Crippen LogP contribution is 2.23. The maximum atomic E-state index is 12.2. The molecule has 2 aromatic rings. The van der Waals surface area contributed by atoms with E-state index in [1.165, 1.54) is 35.5 Å². The molecule has 1 saturated carbocycles. The molecule has 3 rings (SSSR count). The second-order valence-corrected chi connectivity index (χ2v) is 9.32. The number of nitrogens with one attached hydrogen (secondary N) is 2. The minimum atomic E-state index is -3.43. The third-order valence-electron chi connectivity index (χ3n) is 3.17. The van der Waals surface area contributed by atoms with Crippen LogP contribution in [0.3, 0.4) is 0 Å². The van der Waals surface area contributed by atoms with Gasteiger partial charge in [0.2, 0.25) is 10.0 Å². The predicted octanol–water partition coefficient (Wildman–Crippen LogP) is 2.24. The quantitative estimate of drug-likeness (QED) is 0.809. The monoisotopic (exact) mass is 343 g/mol. The van der Waals surface area contributed by atoms with E-state index in [-0.39, 0.29) is 0 Å². The highest BCUT2D eigenvalue weighted by Gasteiger charge is 2.21. The van der Waals surface area contributed by atoms with Crippen LogP contribution in [0.15, 0.2) is 21.9 Å². The van der Waals surface area contributed by atoms with Gasteiger partial charge in [0.1, 0.15) is 4.21 Å². The maximum Gasteiger partial charge on any atom is 0.250 e. The molecular formula is C13H17N3O2S3. The van der Waals surface area contributed by atoms with Gasteiger partial charge in [-0.15, -0.1) is 22.7 Å². The SMILES string of the molecule is Cc1ncc(CNS(=O)(=O)c2cc(CNC3CC3)cs2)s1. The van der Waals surface area contributed by atoms with E-state index in [4.69, 9.17) is 0 Å². The zero-order valence-corrected chi connectivity index (χ0v) is 14.1. The van der Waals surface area contributed by atoms with Gasteiger partial charge in [0.25, 0.3) is 0 Å². The van der Waals surface area contributed by atoms with E-state index in [9.17, 15) is 8.42 Å². The molecular weight excluding hydrogens is 326 g/mol. The molecule has 21 heavy (non-hydrogen) atoms. The Morgan fingerprint density at radius 2 is 2.19 bits per heavy atom. The second-order valence-electron chi connectivity index (χ2n) is 5.10. The van der Waals surface area contributed by atoms with Crippen molar-refractivity contribution in [2.45, 2.75) is 43.1 Å². The van der Waals surface area contributed by atoms with Crippen molar-refractivity contribution in [2.75, 3.05) is 0 Å². The molecule has 1 aliphatic rings. The molecule has 2 aromatic heterocycles. The zero-order valence-electron chi connectivity index (χ0n) is 11.6. The van der Waals surface area contributed by atoms with E-state index in [0.717, 1.165) is 22.0 Å². The molecule has 2 N–H and O–H groups in total. The Labute approximate surface area is 132 Å². The summed E-state index contributed by atoms with van der Waals surface area (Å²) in [4.78, 5) is 5.04. The number of nitrogens with zero attached hydrogens (tertiary/aromatic N) is 1. The number of thiophene rings is 1. The number of thiazole rings is 1. The fraction of sp³-hybridized carbons (Fsp3) is 0.462. The van der Waals surface area contributed by atoms with Crippen LogP contribution in [0.25, 0.3) is 0 Å². The average Bonchev–Trinajstić information content (AvgIpc) is 2.97. The molecule has 0 amide bonds. The van der Waals surface area contributed by atoms with E-state index in [1.54, 1.807) is 12.3 Å². The number of aromatic nitrogens is 1. The number of hydrogen-bond donors (Lipinski definition) is 2. The van der Waals surface area contributed by atoms with Crippen LogP contribution < -0.4 is 10.0 Å². The molecule has 0 aromatic carbocycles. The van der Waals surface area contributed by atoms with Crippen molar-refractivity contribution in [1.82, 2.24) is 15.0 Å². The normalized spacial score (nSPS) is 15.5. The molecule has 0 atom stereocenters. The lowest BCUT2D eigenvalue weighted by Crippen LogP contribution is -2.22. The van der Waals surface area contributed by atoms with Gasteiger partial charge < -0.3 is 5.32 Å². The number of rotatable bonds is 7. The van der Waals surface area contributed by atoms with Crippen LogP contribution in [0, 0.1) is 6.92 Å². The summed E-state index contributed by atoms with van der Waals surface area (Å²) >= 11 is 2.77. The van der Waals surface area contributed by atoms with Crippen molar-refractivity contribution in [1.29, 1.82) is 0 Å². The topological polar surface area (TPSA) is 71.1 Å². The molecule has 0 spiro atoms. The maximum absolute atomic E-state index is 12.2. The van der Waals surface area contributed by atoms with Crippen LogP contribution in [-0.2, 0) is 23.1 Å². The Balaban J connectivity index is 1.60. The summed E-state index contributed by atoms with van der Waals surface area (Å²) in [6.07, 6.45) is 4.16. The average molecular weight is 343 g/mol. The van der Waals surface area contributed by atoms with Gasteiger partial charge in [0.15, 0.2) is 0 Å². The smallest absolute Gasteiger partial charge is 0.250 e. The van der Waals surface area contributed by atoms with Gasteiger partial charge in [-0.25, -0.2) is 18.1 Å². The van der Waals surface area contributed by atoms with Gasteiger partial charge in [-0.3, -0.25) is 0 Å². The van der Waals surface area contributed by atoms with Crippen molar-refractivity contribution >= 4 is 32.7 Å². The molecule has 2 heterocycles. The second kappa shape index (κ2) is 6.13. The number of aryl methyl sites for hydroxylation is 1. The van der Waals surface area contributed by atoms with Crippen molar-refractivity contribution in [2.24, 2.45) is 0 Å². The van der Waals surface area contributed by atoms with E-state index < -0.39 is 10.0 Å². The highest BCUT2D eigenvalue weighted by molar-refractivity contribution is 7.91. The van der Waals surface area contributed by atoms with E-state index in [1.807, 2.05) is 12.3 Å². The van der Waals surface area contributed by atoms with Crippen molar-refractivity contribution < 1.29 is 8.42 Å². The summed E-state index contributed by atoms with van der Waals surface area (Å²) in [5.41, 5.74) is 1.03. The first-order chi connectivity index (χ1) is 10.0. The molecule has 1 fully saturated rings. The van der Waals surface area contributed by atoms with Crippen LogP contribution in [-0.4, -0.2) is 19.4 Å². The summed E-state index contributed by atoms with van der Waals surface area (Å²) in [6, 6.07) is 2.37. The van der Waals surface area contributed by atoms with Crippen molar-refractivity contribution in [3.05, 3.63) is 33.1 Å². The number of hydrogen-bond acceptors (Lipinski definition) is 6. The van der Waals surface area contributed by atoms with Gasteiger partial charge in [-0.05, 0) is 36.8 Å². The predicted molar refractivity (Wildman–Crippen MR) is 85.1 cm³/mol. The summed E-state index contributed by atoms with van der Waals surface area (Å²) in [6.45, 7) is 2.94. The van der Waals surface area contributed by atoms with Crippen LogP contribution in [0.4, 0.5) is 0 Å². The molecule has 0 radical (unpaired) electrons. The lowest BCUT2D eigenvalue weighted by atomic mass is 10.3. The first-order valence-corrected chi connectivity index (χ1v) is 9.92. The standard InChI is InChI=1S/C13H17N3O2S3/c1-9-14-6-12(20-9)7-16-21(17,18)13-4-10(8-19-13)5-15-11-2-3-11/h4,6,8,11,15-16H,2-3,5,7H2,1H3. The van der Waals surface area contributed by atoms with Gasteiger partial charge in [0, 0.05) is 30.2 Å². The molecule has 0 saturated heterocycles. The molecule has 0 bridgehead atoms. The minimum absolute atomic E-state index is 0.293. The van der Waals surface area contributed by atoms with Crippen LogP contribution in [0.1, 0.15) is 28.3 Å². The molecule has 1 aliphatic carbocycles. The lowest BCUT2D eigenvalue weighted by molar-refractivity contribution is 0.583. The molecule has 5 nitrogen and oxygen atoms in total. The van der Waals surface area contributed by atoms with Crippen molar-refractivity contribution in [3.63, 3.8) is 0 Å². The summed E-state index contributed by atoms with van der Waals surface area (Å²) < 4.78 is 27.5. The Hall–Kier alpha value is -0.800. The summed E-state index contributed by atoms with van der Waals surface area (Å²) in [5, 5.41) is 6.23. The number of sulfonamides is 1. The van der Waals surface area contributed by atoms with Crippen LogP contribution >= 0.6 is 22.7 Å². The van der Waals surface area contributed by atoms with E-state index in [2.05, 4.69) is 15.0 Å². The van der Waals surface area contributed by atoms with Crippen molar-refractivity contribution in [3.8, 4) is 0 Å². The Morgan fingerprint density at radius 1 is 1.38 bits per heavy atom. The molecule has 114 valence electrons. The Morgan fingerprint density at radius 3 is 2.86 bits per heavy atom. The Kier molecular flexibility index (Phi) is 4.41. The zero-order chi connectivity index (χ0) is 14.9. The third-order valence-corrected chi connectivity index (χ3v) is 6.97. The van der Waals surface area contributed by atoms with Gasteiger partial charge >= 0.3 is 0 Å². The third kappa shape index (κ3) is 4.10. The first kappa shape index (κ1) is 15.1. The lowest BCUT2D eigenvalue weighted by Gasteiger charge is -2.02. The van der Waals surface area contributed by atoms with Crippen LogP contribution in [0.2, 0.25) is 0 Å². The fourth-order valence-corrected chi connectivity index (χ4v) is 4.95. The fourth-order valence-electron chi connectivity index (χ4n) is 1.86. The van der Waals surface area contributed by atoms with Gasteiger partial charge in [0.05, 0.1) is 5.01 Å². The molecule has 0 unspecified atom stereocenters. The largest absolute Gasteiger partial charge is 0.310 e.